The van der Waals surface area contributed by atoms with Gasteiger partial charge in [-0.2, -0.15) is 5.26 Å². The predicted molar refractivity (Wildman–Crippen MR) is 108 cm³/mol. The number of pyridine rings is 3. The smallest absolute Gasteiger partial charge is 0.140 e. The highest BCUT2D eigenvalue weighted by molar-refractivity contribution is 5.55. The summed E-state index contributed by atoms with van der Waals surface area (Å²) >= 11 is 0. The molecule has 0 spiro atoms. The lowest BCUT2D eigenvalue weighted by molar-refractivity contribution is 0.244. The first-order chi connectivity index (χ1) is 13.7. The molecule has 6 heteroatoms. The molecule has 0 saturated carbocycles. The summed E-state index contributed by atoms with van der Waals surface area (Å²) in [6, 6.07) is 16.2. The Morgan fingerprint density at radius 2 is 2.07 bits per heavy atom. The van der Waals surface area contributed by atoms with E-state index in [4.69, 9.17) is 10.2 Å². The van der Waals surface area contributed by atoms with Crippen LogP contribution in [0.5, 0.6) is 0 Å². The van der Waals surface area contributed by atoms with Crippen LogP contribution in [-0.4, -0.2) is 26.4 Å². The van der Waals surface area contributed by atoms with Gasteiger partial charge in [0.15, 0.2) is 0 Å². The van der Waals surface area contributed by atoms with Gasteiger partial charge < -0.3 is 5.32 Å². The number of aryl methyl sites for hydroxylation is 1. The molecule has 28 heavy (non-hydrogen) atoms. The molecule has 1 saturated heterocycles. The molecule has 1 aliphatic rings. The normalized spacial score (nSPS) is 16.6. The summed E-state index contributed by atoms with van der Waals surface area (Å²) in [6.07, 6.45) is 5.89. The highest BCUT2D eigenvalue weighted by Crippen LogP contribution is 2.32. The Balaban J connectivity index is 1.49. The SMILES string of the molecule is Cc1ccc(CN2CCC[C@H]2c2cccc(Nc3ccc(C#N)nc3)n2)cn1. The molecule has 1 aliphatic heterocycles. The summed E-state index contributed by atoms with van der Waals surface area (Å²) in [7, 11) is 0. The average Bonchev–Trinajstić information content (AvgIpc) is 3.19. The van der Waals surface area contributed by atoms with Crippen LogP contribution in [0.3, 0.4) is 0 Å². The van der Waals surface area contributed by atoms with Gasteiger partial charge in [0.2, 0.25) is 0 Å². The number of rotatable bonds is 5. The minimum Gasteiger partial charge on any atom is -0.339 e. The van der Waals surface area contributed by atoms with Gasteiger partial charge in [0.1, 0.15) is 17.6 Å². The summed E-state index contributed by atoms with van der Waals surface area (Å²) in [5.41, 5.74) is 4.57. The number of nitriles is 1. The van der Waals surface area contributed by atoms with Crippen LogP contribution < -0.4 is 5.32 Å². The van der Waals surface area contributed by atoms with Crippen molar-refractivity contribution in [1.29, 1.82) is 5.26 Å². The number of likely N-dealkylation sites (tertiary alicyclic amines) is 1. The number of hydrogen-bond acceptors (Lipinski definition) is 6. The molecule has 0 radical (unpaired) electrons. The minimum atomic E-state index is 0.308. The molecule has 0 amide bonds. The fourth-order valence-electron chi connectivity index (χ4n) is 3.57. The van der Waals surface area contributed by atoms with Crippen LogP contribution in [0.1, 0.15) is 41.5 Å². The molecule has 4 heterocycles. The number of nitrogens with zero attached hydrogens (tertiary/aromatic N) is 5. The van der Waals surface area contributed by atoms with Crippen molar-refractivity contribution in [3.05, 3.63) is 77.5 Å². The van der Waals surface area contributed by atoms with E-state index in [1.807, 2.05) is 37.4 Å². The molecule has 140 valence electrons. The zero-order valence-electron chi connectivity index (χ0n) is 15.8. The molecular weight excluding hydrogens is 348 g/mol. The number of nitrogens with one attached hydrogen (secondary N) is 1. The summed E-state index contributed by atoms with van der Waals surface area (Å²) in [6.45, 7) is 3.96. The maximum absolute atomic E-state index is 8.87. The van der Waals surface area contributed by atoms with Gasteiger partial charge in [-0.05, 0) is 62.2 Å². The van der Waals surface area contributed by atoms with E-state index >= 15 is 0 Å². The van der Waals surface area contributed by atoms with Gasteiger partial charge >= 0.3 is 0 Å². The van der Waals surface area contributed by atoms with E-state index in [1.54, 1.807) is 12.3 Å². The molecule has 1 atom stereocenters. The van der Waals surface area contributed by atoms with Gasteiger partial charge in [-0.3, -0.25) is 9.88 Å². The van der Waals surface area contributed by atoms with Crippen LogP contribution in [0.15, 0.2) is 54.9 Å². The first-order valence-electron chi connectivity index (χ1n) is 9.47. The Hall–Kier alpha value is -3.30. The van der Waals surface area contributed by atoms with Gasteiger partial charge in [0.05, 0.1) is 23.6 Å². The zero-order valence-corrected chi connectivity index (χ0v) is 15.8. The molecule has 0 aromatic carbocycles. The van der Waals surface area contributed by atoms with Gasteiger partial charge in [-0.15, -0.1) is 0 Å². The summed E-state index contributed by atoms with van der Waals surface area (Å²) < 4.78 is 0. The van der Waals surface area contributed by atoms with E-state index in [0.717, 1.165) is 42.4 Å². The van der Waals surface area contributed by atoms with Gasteiger partial charge in [0.25, 0.3) is 0 Å². The van der Waals surface area contributed by atoms with Gasteiger partial charge in [0, 0.05) is 18.4 Å². The topological polar surface area (TPSA) is 77.7 Å². The second kappa shape index (κ2) is 8.15. The first-order valence-corrected chi connectivity index (χ1v) is 9.47. The van der Waals surface area contributed by atoms with E-state index in [-0.39, 0.29) is 0 Å². The number of anilines is 2. The van der Waals surface area contributed by atoms with Crippen LogP contribution in [-0.2, 0) is 6.54 Å². The van der Waals surface area contributed by atoms with Crippen molar-refractivity contribution < 1.29 is 0 Å². The van der Waals surface area contributed by atoms with Crippen molar-refractivity contribution in [2.24, 2.45) is 0 Å². The standard InChI is InChI=1S/C22H22N6/c1-16-7-8-17(13-24-16)15-28-11-3-5-21(28)20-4-2-6-22(27-20)26-19-10-9-18(12-23)25-14-19/h2,4,6-10,13-14,21H,3,5,11,15H2,1H3,(H,26,27)/t21-/m0/s1. The third-order valence-electron chi connectivity index (χ3n) is 4.98. The number of aromatic nitrogens is 3. The molecular formula is C22H22N6. The summed E-state index contributed by atoms with van der Waals surface area (Å²) in [5, 5.41) is 12.1. The Morgan fingerprint density at radius 3 is 2.82 bits per heavy atom. The lowest BCUT2D eigenvalue weighted by Crippen LogP contribution is -2.23. The Bertz CT molecular complexity index is 975. The zero-order chi connectivity index (χ0) is 19.3. The van der Waals surface area contributed by atoms with Crippen molar-refractivity contribution in [2.75, 3.05) is 11.9 Å². The van der Waals surface area contributed by atoms with Crippen molar-refractivity contribution in [2.45, 2.75) is 32.4 Å². The van der Waals surface area contributed by atoms with Crippen LogP contribution in [0, 0.1) is 18.3 Å². The Kier molecular flexibility index (Phi) is 5.27. The summed E-state index contributed by atoms with van der Waals surface area (Å²) in [4.78, 5) is 15.8. The molecule has 6 nitrogen and oxygen atoms in total. The van der Waals surface area contributed by atoms with E-state index in [0.29, 0.717) is 11.7 Å². The van der Waals surface area contributed by atoms with Crippen LogP contribution in [0.25, 0.3) is 0 Å². The maximum atomic E-state index is 8.87. The summed E-state index contributed by atoms with van der Waals surface area (Å²) in [5.74, 6) is 0.785. The molecule has 3 aromatic rings. The lowest BCUT2D eigenvalue weighted by Gasteiger charge is -2.24. The van der Waals surface area contributed by atoms with Crippen LogP contribution in [0.4, 0.5) is 11.5 Å². The second-order valence-corrected chi connectivity index (χ2v) is 7.05. The molecule has 4 rings (SSSR count). The minimum absolute atomic E-state index is 0.308. The van der Waals surface area contributed by atoms with Gasteiger partial charge in [-0.1, -0.05) is 12.1 Å². The predicted octanol–water partition coefficient (Wildman–Crippen LogP) is 4.13. The number of hydrogen-bond donors (Lipinski definition) is 1. The Morgan fingerprint density at radius 1 is 1.14 bits per heavy atom. The fourth-order valence-corrected chi connectivity index (χ4v) is 3.57. The van der Waals surface area contributed by atoms with Crippen molar-refractivity contribution in [3.8, 4) is 6.07 Å². The van der Waals surface area contributed by atoms with E-state index in [9.17, 15) is 0 Å². The highest BCUT2D eigenvalue weighted by atomic mass is 15.2. The quantitative estimate of drug-likeness (QED) is 0.727. The van der Waals surface area contributed by atoms with E-state index < -0.39 is 0 Å². The van der Waals surface area contributed by atoms with Gasteiger partial charge in [-0.25, -0.2) is 9.97 Å². The monoisotopic (exact) mass is 370 g/mol. The third kappa shape index (κ3) is 4.16. The van der Waals surface area contributed by atoms with E-state index in [1.165, 1.54) is 12.0 Å². The molecule has 3 aromatic heterocycles. The molecule has 1 fully saturated rings. The second-order valence-electron chi connectivity index (χ2n) is 7.05. The molecule has 0 aliphatic carbocycles. The lowest BCUT2D eigenvalue weighted by atomic mass is 10.1. The largest absolute Gasteiger partial charge is 0.339 e. The molecule has 1 N–H and O–H groups in total. The Labute approximate surface area is 164 Å². The average molecular weight is 370 g/mol. The molecule has 0 bridgehead atoms. The van der Waals surface area contributed by atoms with E-state index in [2.05, 4.69) is 38.4 Å². The van der Waals surface area contributed by atoms with Crippen molar-refractivity contribution >= 4 is 11.5 Å². The third-order valence-corrected chi connectivity index (χ3v) is 4.98. The van der Waals surface area contributed by atoms with Crippen molar-refractivity contribution in [3.63, 3.8) is 0 Å². The molecule has 0 unspecified atom stereocenters. The maximum Gasteiger partial charge on any atom is 0.140 e. The fraction of sp³-hybridized carbons (Fsp3) is 0.273. The van der Waals surface area contributed by atoms with Crippen LogP contribution >= 0.6 is 0 Å². The van der Waals surface area contributed by atoms with Crippen LogP contribution in [0.2, 0.25) is 0 Å². The highest BCUT2D eigenvalue weighted by Gasteiger charge is 2.27. The first kappa shape index (κ1) is 18.1. The van der Waals surface area contributed by atoms with Crippen molar-refractivity contribution in [1.82, 2.24) is 19.9 Å².